The van der Waals surface area contributed by atoms with Crippen LogP contribution in [0.2, 0.25) is 0 Å². The lowest BCUT2D eigenvalue weighted by atomic mass is 9.79. The number of halogens is 1. The molecule has 0 aliphatic heterocycles. The highest BCUT2D eigenvalue weighted by Crippen LogP contribution is 2.32. The third-order valence-electron chi connectivity index (χ3n) is 4.90. The fourth-order valence-corrected chi connectivity index (χ4v) is 3.72. The van der Waals surface area contributed by atoms with Gasteiger partial charge in [-0.05, 0) is 51.9 Å². The predicted molar refractivity (Wildman–Crippen MR) is 108 cm³/mol. The number of ether oxygens (including phenoxy) is 1. The molecule has 8 heteroatoms. The summed E-state index contributed by atoms with van der Waals surface area (Å²) in [6, 6.07) is 5.68. The summed E-state index contributed by atoms with van der Waals surface area (Å²) < 4.78 is 6.24. The first-order chi connectivity index (χ1) is 13.1. The maximum Gasteiger partial charge on any atom is 0.307 e. The van der Waals surface area contributed by atoms with E-state index in [0.29, 0.717) is 18.6 Å². The van der Waals surface area contributed by atoms with E-state index in [9.17, 15) is 19.5 Å². The molecule has 0 saturated heterocycles. The number of carbonyl (C=O) groups is 3. The number of amides is 2. The van der Waals surface area contributed by atoms with Gasteiger partial charge in [-0.2, -0.15) is 0 Å². The van der Waals surface area contributed by atoms with Crippen molar-refractivity contribution in [3.8, 4) is 5.75 Å². The van der Waals surface area contributed by atoms with E-state index >= 15 is 0 Å². The SMILES string of the molecule is CC(C)(C)c1ccc(OCC(=O)NNC(=O)[C@H]2CCCC[C@H]2C(=O)O)c(Br)c1. The number of hydrazine groups is 1. The van der Waals surface area contributed by atoms with Gasteiger partial charge < -0.3 is 9.84 Å². The van der Waals surface area contributed by atoms with Crippen LogP contribution in [0.3, 0.4) is 0 Å². The van der Waals surface area contributed by atoms with Gasteiger partial charge in [0.05, 0.1) is 16.3 Å². The van der Waals surface area contributed by atoms with Crippen molar-refractivity contribution >= 4 is 33.7 Å². The molecule has 2 atom stereocenters. The highest BCUT2D eigenvalue weighted by molar-refractivity contribution is 9.10. The number of carboxylic acids is 1. The van der Waals surface area contributed by atoms with Gasteiger partial charge in [-0.15, -0.1) is 0 Å². The van der Waals surface area contributed by atoms with Crippen molar-refractivity contribution in [2.24, 2.45) is 11.8 Å². The van der Waals surface area contributed by atoms with Crippen LogP contribution >= 0.6 is 15.9 Å². The molecule has 0 bridgehead atoms. The molecule has 0 radical (unpaired) electrons. The van der Waals surface area contributed by atoms with E-state index in [1.54, 1.807) is 6.07 Å². The van der Waals surface area contributed by atoms with Gasteiger partial charge in [-0.3, -0.25) is 25.2 Å². The molecule has 2 rings (SSSR count). The number of carbonyl (C=O) groups excluding carboxylic acids is 2. The molecular formula is C20H27BrN2O5. The lowest BCUT2D eigenvalue weighted by molar-refractivity contribution is -0.149. The smallest absolute Gasteiger partial charge is 0.307 e. The maximum absolute atomic E-state index is 12.2. The van der Waals surface area contributed by atoms with Crippen LogP contribution in [0.1, 0.15) is 52.0 Å². The fraction of sp³-hybridized carbons (Fsp3) is 0.550. The third-order valence-corrected chi connectivity index (χ3v) is 5.52. The van der Waals surface area contributed by atoms with Gasteiger partial charge in [0.2, 0.25) is 5.91 Å². The zero-order valence-corrected chi connectivity index (χ0v) is 18.0. The largest absolute Gasteiger partial charge is 0.483 e. The molecule has 7 nitrogen and oxygen atoms in total. The van der Waals surface area contributed by atoms with Gasteiger partial charge in [0.25, 0.3) is 5.91 Å². The minimum Gasteiger partial charge on any atom is -0.483 e. The van der Waals surface area contributed by atoms with E-state index in [4.69, 9.17) is 4.74 Å². The summed E-state index contributed by atoms with van der Waals surface area (Å²) in [5.74, 6) is -2.80. The molecule has 1 aromatic rings. The van der Waals surface area contributed by atoms with Crippen LogP contribution in [0.5, 0.6) is 5.75 Å². The number of hydrogen-bond donors (Lipinski definition) is 3. The third kappa shape index (κ3) is 5.95. The van der Waals surface area contributed by atoms with Crippen LogP contribution in [-0.4, -0.2) is 29.5 Å². The second-order valence-corrected chi connectivity index (χ2v) is 8.91. The molecule has 28 heavy (non-hydrogen) atoms. The minimum atomic E-state index is -0.974. The Kier molecular flexibility index (Phi) is 7.46. The monoisotopic (exact) mass is 454 g/mol. The molecule has 2 amide bonds. The normalized spacial score (nSPS) is 19.6. The standard InChI is InChI=1S/C20H27BrN2O5/c1-20(2,3)12-8-9-16(15(21)10-12)28-11-17(24)22-23-18(25)13-6-4-5-7-14(13)19(26)27/h8-10,13-14H,4-7,11H2,1-3H3,(H,22,24)(H,23,25)(H,26,27)/t13-,14+/m0/s1. The van der Waals surface area contributed by atoms with Crippen LogP contribution in [0.15, 0.2) is 22.7 Å². The number of benzene rings is 1. The molecule has 1 aromatic carbocycles. The maximum atomic E-state index is 12.2. The van der Waals surface area contributed by atoms with Crippen LogP contribution in [0.25, 0.3) is 0 Å². The minimum absolute atomic E-state index is 0.00433. The molecule has 0 aromatic heterocycles. The van der Waals surface area contributed by atoms with Gasteiger partial charge in [-0.1, -0.05) is 39.7 Å². The number of aliphatic carboxylic acids is 1. The first kappa shape index (κ1) is 22.2. The predicted octanol–water partition coefficient (Wildman–Crippen LogP) is 3.16. The summed E-state index contributed by atoms with van der Waals surface area (Å²) in [6.45, 7) is 6.03. The average Bonchev–Trinajstić information content (AvgIpc) is 2.64. The number of rotatable bonds is 5. The Balaban J connectivity index is 1.84. The first-order valence-corrected chi connectivity index (χ1v) is 10.1. The quantitative estimate of drug-likeness (QED) is 0.592. The molecule has 1 saturated carbocycles. The summed E-state index contributed by atoms with van der Waals surface area (Å²) >= 11 is 3.44. The van der Waals surface area contributed by atoms with Crippen molar-refractivity contribution in [1.82, 2.24) is 10.9 Å². The van der Waals surface area contributed by atoms with E-state index in [0.717, 1.165) is 22.9 Å². The van der Waals surface area contributed by atoms with Crippen molar-refractivity contribution in [1.29, 1.82) is 0 Å². The summed E-state index contributed by atoms with van der Waals surface area (Å²) in [5, 5.41) is 9.25. The van der Waals surface area contributed by atoms with E-state index in [2.05, 4.69) is 47.6 Å². The number of carboxylic acid groups (broad SMARTS) is 1. The summed E-state index contributed by atoms with van der Waals surface area (Å²) in [4.78, 5) is 35.5. The van der Waals surface area contributed by atoms with Crippen molar-refractivity contribution in [2.75, 3.05) is 6.61 Å². The van der Waals surface area contributed by atoms with Gasteiger partial charge in [0.15, 0.2) is 6.61 Å². The van der Waals surface area contributed by atoms with Gasteiger partial charge in [-0.25, -0.2) is 0 Å². The zero-order chi connectivity index (χ0) is 20.9. The number of nitrogens with one attached hydrogen (secondary N) is 2. The van der Waals surface area contributed by atoms with Gasteiger partial charge in [0, 0.05) is 0 Å². The molecule has 1 fully saturated rings. The van der Waals surface area contributed by atoms with Crippen molar-refractivity contribution in [2.45, 2.75) is 51.9 Å². The Morgan fingerprint density at radius 3 is 2.36 bits per heavy atom. The Hall–Kier alpha value is -2.09. The fourth-order valence-electron chi connectivity index (χ4n) is 3.23. The Morgan fingerprint density at radius 2 is 1.79 bits per heavy atom. The van der Waals surface area contributed by atoms with Crippen LogP contribution in [-0.2, 0) is 19.8 Å². The summed E-state index contributed by atoms with van der Waals surface area (Å²) in [6.07, 6.45) is 2.58. The Bertz CT molecular complexity index is 745. The highest BCUT2D eigenvalue weighted by atomic mass is 79.9. The van der Waals surface area contributed by atoms with E-state index in [1.807, 2.05) is 12.1 Å². The molecule has 1 aliphatic rings. The molecule has 0 heterocycles. The molecule has 154 valence electrons. The number of hydrogen-bond acceptors (Lipinski definition) is 4. The second kappa shape index (κ2) is 9.41. The molecular weight excluding hydrogens is 428 g/mol. The van der Waals surface area contributed by atoms with Crippen LogP contribution in [0, 0.1) is 11.8 Å². The first-order valence-electron chi connectivity index (χ1n) is 9.34. The Labute approximate surface area is 173 Å². The highest BCUT2D eigenvalue weighted by Gasteiger charge is 2.35. The van der Waals surface area contributed by atoms with E-state index < -0.39 is 29.6 Å². The van der Waals surface area contributed by atoms with Gasteiger partial charge in [0.1, 0.15) is 5.75 Å². The topological polar surface area (TPSA) is 105 Å². The van der Waals surface area contributed by atoms with Crippen LogP contribution in [0.4, 0.5) is 0 Å². The van der Waals surface area contributed by atoms with Gasteiger partial charge >= 0.3 is 5.97 Å². The zero-order valence-electron chi connectivity index (χ0n) is 16.4. The lowest BCUT2D eigenvalue weighted by Gasteiger charge is -2.27. The van der Waals surface area contributed by atoms with E-state index in [-0.39, 0.29) is 12.0 Å². The van der Waals surface area contributed by atoms with Crippen molar-refractivity contribution in [3.05, 3.63) is 28.2 Å². The molecule has 3 N–H and O–H groups in total. The van der Waals surface area contributed by atoms with Crippen molar-refractivity contribution < 1.29 is 24.2 Å². The second-order valence-electron chi connectivity index (χ2n) is 8.06. The van der Waals surface area contributed by atoms with E-state index in [1.165, 1.54) is 0 Å². The summed E-state index contributed by atoms with van der Waals surface area (Å²) in [5.41, 5.74) is 5.74. The molecule has 0 spiro atoms. The lowest BCUT2D eigenvalue weighted by Crippen LogP contribution is -2.49. The van der Waals surface area contributed by atoms with Crippen molar-refractivity contribution in [3.63, 3.8) is 0 Å². The average molecular weight is 455 g/mol. The molecule has 0 unspecified atom stereocenters. The molecule has 1 aliphatic carbocycles. The summed E-state index contributed by atoms with van der Waals surface area (Å²) in [7, 11) is 0. The van der Waals surface area contributed by atoms with Crippen LogP contribution < -0.4 is 15.6 Å². The Morgan fingerprint density at radius 1 is 1.14 bits per heavy atom.